The molecule has 1 aliphatic rings. The van der Waals surface area contributed by atoms with Gasteiger partial charge in [-0.3, -0.25) is 19.2 Å². The average molecular weight is 312 g/mol. The molecule has 0 aromatic rings. The fourth-order valence-corrected chi connectivity index (χ4v) is 2.52. The molecular formula is C14H24N4O4. The van der Waals surface area contributed by atoms with Crippen molar-refractivity contribution >= 4 is 23.6 Å². The Bertz CT molecular complexity index is 452. The molecule has 1 heterocycles. The van der Waals surface area contributed by atoms with E-state index in [-0.39, 0.29) is 36.5 Å². The van der Waals surface area contributed by atoms with Crippen molar-refractivity contribution in [2.75, 3.05) is 20.1 Å². The van der Waals surface area contributed by atoms with Gasteiger partial charge in [0.05, 0.1) is 0 Å². The fourth-order valence-electron chi connectivity index (χ4n) is 2.52. The summed E-state index contributed by atoms with van der Waals surface area (Å²) >= 11 is 0. The highest BCUT2D eigenvalue weighted by Crippen LogP contribution is 2.21. The molecule has 0 radical (unpaired) electrons. The Labute approximate surface area is 129 Å². The smallest absolute Gasteiger partial charge is 0.240 e. The van der Waals surface area contributed by atoms with Crippen LogP contribution in [0.4, 0.5) is 0 Å². The van der Waals surface area contributed by atoms with E-state index in [1.807, 2.05) is 0 Å². The number of carbonyl (C=O) groups is 4. The fraction of sp³-hybridized carbons (Fsp3) is 0.714. The van der Waals surface area contributed by atoms with E-state index in [4.69, 9.17) is 5.73 Å². The average Bonchev–Trinajstić information content (AvgIpc) is 2.84. The van der Waals surface area contributed by atoms with Gasteiger partial charge >= 0.3 is 0 Å². The molecule has 0 aromatic carbocycles. The summed E-state index contributed by atoms with van der Waals surface area (Å²) in [5, 5.41) is 5.16. The predicted octanol–water partition coefficient (Wildman–Crippen LogP) is -1.26. The van der Waals surface area contributed by atoms with Crippen molar-refractivity contribution in [3.63, 3.8) is 0 Å². The molecule has 1 rings (SSSR count). The maximum absolute atomic E-state index is 11.9. The third-order valence-electron chi connectivity index (χ3n) is 3.78. The number of primary amides is 1. The van der Waals surface area contributed by atoms with Crippen molar-refractivity contribution in [3.8, 4) is 0 Å². The normalized spacial score (nSPS) is 18.9. The number of carbonyl (C=O) groups excluding carboxylic acids is 4. The highest BCUT2D eigenvalue weighted by molar-refractivity contribution is 5.88. The van der Waals surface area contributed by atoms with Crippen molar-refractivity contribution in [1.82, 2.24) is 15.5 Å². The third-order valence-corrected chi connectivity index (χ3v) is 3.78. The lowest BCUT2D eigenvalue weighted by Crippen LogP contribution is -2.45. The largest absolute Gasteiger partial charge is 0.368 e. The summed E-state index contributed by atoms with van der Waals surface area (Å²) in [6, 6.07) is -0.582. The van der Waals surface area contributed by atoms with Gasteiger partial charge in [-0.2, -0.15) is 0 Å². The summed E-state index contributed by atoms with van der Waals surface area (Å²) in [5.41, 5.74) is 5.30. The first kappa shape index (κ1) is 17.9. The summed E-state index contributed by atoms with van der Waals surface area (Å²) in [6.45, 7) is 2.57. The summed E-state index contributed by atoms with van der Waals surface area (Å²) in [4.78, 5) is 47.4. The van der Waals surface area contributed by atoms with E-state index in [2.05, 4.69) is 10.6 Å². The van der Waals surface area contributed by atoms with Crippen LogP contribution < -0.4 is 16.4 Å². The second-order valence-electron chi connectivity index (χ2n) is 5.42. The quantitative estimate of drug-likeness (QED) is 0.518. The van der Waals surface area contributed by atoms with Crippen molar-refractivity contribution in [3.05, 3.63) is 0 Å². The molecule has 124 valence electrons. The van der Waals surface area contributed by atoms with Crippen LogP contribution in [0.2, 0.25) is 0 Å². The number of hydrogen-bond donors (Lipinski definition) is 3. The van der Waals surface area contributed by atoms with Crippen molar-refractivity contribution in [2.24, 2.45) is 11.7 Å². The first-order chi connectivity index (χ1) is 10.4. The van der Waals surface area contributed by atoms with Crippen molar-refractivity contribution < 1.29 is 19.2 Å². The number of hydrogen-bond acceptors (Lipinski definition) is 4. The van der Waals surface area contributed by atoms with Gasteiger partial charge in [0.25, 0.3) is 0 Å². The van der Waals surface area contributed by atoms with E-state index in [0.29, 0.717) is 25.9 Å². The molecular weight excluding hydrogens is 288 g/mol. The van der Waals surface area contributed by atoms with Crippen LogP contribution in [-0.4, -0.2) is 54.7 Å². The van der Waals surface area contributed by atoms with E-state index in [9.17, 15) is 19.2 Å². The van der Waals surface area contributed by atoms with Gasteiger partial charge in [-0.15, -0.1) is 0 Å². The molecule has 4 N–H and O–H groups in total. The predicted molar refractivity (Wildman–Crippen MR) is 79.4 cm³/mol. The maximum Gasteiger partial charge on any atom is 0.240 e. The molecule has 0 aliphatic carbocycles. The Kier molecular flexibility index (Phi) is 6.81. The van der Waals surface area contributed by atoms with E-state index in [1.165, 1.54) is 11.9 Å². The van der Waals surface area contributed by atoms with Crippen molar-refractivity contribution in [2.45, 2.75) is 38.6 Å². The molecule has 22 heavy (non-hydrogen) atoms. The van der Waals surface area contributed by atoms with Gasteiger partial charge in [0.15, 0.2) is 0 Å². The molecule has 0 saturated carbocycles. The Morgan fingerprint density at radius 3 is 2.50 bits per heavy atom. The van der Waals surface area contributed by atoms with Gasteiger partial charge in [-0.1, -0.05) is 6.92 Å². The molecule has 8 heteroatoms. The van der Waals surface area contributed by atoms with Crippen LogP contribution in [0.5, 0.6) is 0 Å². The van der Waals surface area contributed by atoms with Gasteiger partial charge in [-0.25, -0.2) is 0 Å². The molecule has 0 spiro atoms. The summed E-state index contributed by atoms with van der Waals surface area (Å²) < 4.78 is 0. The van der Waals surface area contributed by atoms with Crippen LogP contribution in [0.3, 0.4) is 0 Å². The zero-order valence-corrected chi connectivity index (χ0v) is 13.1. The highest BCUT2D eigenvalue weighted by Gasteiger charge is 2.35. The van der Waals surface area contributed by atoms with Crippen LogP contribution in [-0.2, 0) is 19.2 Å². The zero-order chi connectivity index (χ0) is 16.7. The lowest BCUT2D eigenvalue weighted by Gasteiger charge is -2.24. The van der Waals surface area contributed by atoms with Crippen LogP contribution >= 0.6 is 0 Å². The number of nitrogens with two attached hydrogens (primary N) is 1. The molecule has 0 bridgehead atoms. The summed E-state index contributed by atoms with van der Waals surface area (Å²) in [7, 11) is 1.52. The van der Waals surface area contributed by atoms with Crippen LogP contribution in [0, 0.1) is 5.92 Å². The lowest BCUT2D eigenvalue weighted by molar-refractivity contribution is -0.136. The van der Waals surface area contributed by atoms with Crippen molar-refractivity contribution in [1.29, 1.82) is 0 Å². The van der Waals surface area contributed by atoms with Crippen LogP contribution in [0.1, 0.15) is 32.6 Å². The molecule has 1 unspecified atom stereocenters. The monoisotopic (exact) mass is 312 g/mol. The summed E-state index contributed by atoms with van der Waals surface area (Å²) in [6.07, 6.45) is 1.02. The Hall–Kier alpha value is -2.12. The second kappa shape index (κ2) is 8.35. The molecule has 0 aromatic heterocycles. The SMILES string of the molecule is CC[C@@H](C(N)=O)N1CC(CNC(=O)CCC(=O)NC)CC1=O. The van der Waals surface area contributed by atoms with Crippen LogP contribution in [0.25, 0.3) is 0 Å². The maximum atomic E-state index is 11.9. The van der Waals surface area contributed by atoms with Gasteiger partial charge in [0.1, 0.15) is 6.04 Å². The number of amides is 4. The Morgan fingerprint density at radius 2 is 1.95 bits per heavy atom. The van der Waals surface area contributed by atoms with E-state index >= 15 is 0 Å². The third kappa shape index (κ3) is 5.01. The lowest BCUT2D eigenvalue weighted by atomic mass is 10.1. The van der Waals surface area contributed by atoms with E-state index < -0.39 is 11.9 Å². The standard InChI is InChI=1S/C14H24N4O4/c1-3-10(14(15)22)18-8-9(6-13(18)21)7-17-12(20)5-4-11(19)16-2/h9-10H,3-8H2,1-2H3,(H2,15,22)(H,16,19)(H,17,20)/t9?,10-/m0/s1. The summed E-state index contributed by atoms with van der Waals surface area (Å²) in [5.74, 6) is -1.08. The molecule has 2 atom stereocenters. The minimum absolute atomic E-state index is 0.0372. The number of nitrogens with zero attached hydrogens (tertiary/aromatic N) is 1. The minimum Gasteiger partial charge on any atom is -0.368 e. The first-order valence-electron chi connectivity index (χ1n) is 7.45. The molecule has 1 saturated heterocycles. The Morgan fingerprint density at radius 1 is 1.32 bits per heavy atom. The van der Waals surface area contributed by atoms with Gasteiger partial charge in [-0.05, 0) is 6.42 Å². The van der Waals surface area contributed by atoms with Gasteiger partial charge in [0.2, 0.25) is 23.6 Å². The number of likely N-dealkylation sites (tertiary alicyclic amines) is 1. The first-order valence-corrected chi connectivity index (χ1v) is 7.45. The molecule has 4 amide bonds. The molecule has 8 nitrogen and oxygen atoms in total. The van der Waals surface area contributed by atoms with E-state index in [0.717, 1.165) is 0 Å². The second-order valence-corrected chi connectivity index (χ2v) is 5.42. The molecule has 1 fully saturated rings. The van der Waals surface area contributed by atoms with Gasteiger partial charge < -0.3 is 21.3 Å². The topological polar surface area (TPSA) is 122 Å². The zero-order valence-electron chi connectivity index (χ0n) is 13.1. The van der Waals surface area contributed by atoms with Gasteiger partial charge in [0, 0.05) is 45.3 Å². The number of rotatable bonds is 8. The van der Waals surface area contributed by atoms with E-state index in [1.54, 1.807) is 6.92 Å². The van der Waals surface area contributed by atoms with Crippen LogP contribution in [0.15, 0.2) is 0 Å². The number of nitrogens with one attached hydrogen (secondary N) is 2. The highest BCUT2D eigenvalue weighted by atomic mass is 16.2. The molecule has 1 aliphatic heterocycles. The Balaban J connectivity index is 2.40. The minimum atomic E-state index is -0.582.